The van der Waals surface area contributed by atoms with Gasteiger partial charge in [0.1, 0.15) is 0 Å². The van der Waals surface area contributed by atoms with Crippen molar-refractivity contribution in [3.63, 3.8) is 0 Å². The lowest BCUT2D eigenvalue weighted by Crippen LogP contribution is -2.29. The van der Waals surface area contributed by atoms with Crippen LogP contribution >= 0.6 is 11.6 Å². The fourth-order valence-corrected chi connectivity index (χ4v) is 3.26. The minimum Gasteiger partial charge on any atom is -0.303 e. The molecule has 4 aromatic rings. The predicted octanol–water partition coefficient (Wildman–Crippen LogP) is 2.77. The van der Waals surface area contributed by atoms with Gasteiger partial charge in [-0.2, -0.15) is 10.1 Å². The number of nitrogens with zero attached hydrogens (tertiary/aromatic N) is 4. The molecule has 0 aliphatic heterocycles. The zero-order valence-corrected chi connectivity index (χ0v) is 16.9. The van der Waals surface area contributed by atoms with Crippen LogP contribution in [-0.2, 0) is 20.0 Å². The van der Waals surface area contributed by atoms with Crippen LogP contribution in [0.4, 0.5) is 5.95 Å². The largest absolute Gasteiger partial charge is 0.329 e. The van der Waals surface area contributed by atoms with Crippen LogP contribution in [0.15, 0.2) is 69.3 Å². The number of hydrogen-bond donors (Lipinski definition) is 2. The number of aryl methyl sites for hydroxylation is 3. The molecule has 0 amide bonds. The summed E-state index contributed by atoms with van der Waals surface area (Å²) < 4.78 is 3.05. The first-order valence-corrected chi connectivity index (χ1v) is 9.69. The molecule has 2 heterocycles. The van der Waals surface area contributed by atoms with Gasteiger partial charge in [0, 0.05) is 18.6 Å². The van der Waals surface area contributed by atoms with Crippen molar-refractivity contribution in [3.05, 3.63) is 91.6 Å². The van der Waals surface area contributed by atoms with Crippen molar-refractivity contribution in [2.24, 2.45) is 12.1 Å². The van der Waals surface area contributed by atoms with Crippen molar-refractivity contribution in [1.29, 1.82) is 0 Å². The number of rotatable bonds is 6. The minimum atomic E-state index is -0.517. The van der Waals surface area contributed by atoms with Crippen molar-refractivity contribution in [2.75, 3.05) is 5.43 Å². The first-order valence-electron chi connectivity index (χ1n) is 9.31. The Morgan fingerprint density at radius 2 is 1.87 bits per heavy atom. The summed E-state index contributed by atoms with van der Waals surface area (Å²) in [6.07, 6.45) is 2.31. The van der Waals surface area contributed by atoms with Crippen molar-refractivity contribution in [2.45, 2.75) is 13.0 Å². The molecule has 0 aliphatic carbocycles. The molecule has 0 aliphatic rings. The number of anilines is 1. The maximum atomic E-state index is 12.5. The maximum Gasteiger partial charge on any atom is 0.329 e. The molecule has 4 rings (SSSR count). The Balaban J connectivity index is 1.70. The van der Waals surface area contributed by atoms with E-state index in [0.29, 0.717) is 35.1 Å². The Morgan fingerprint density at radius 1 is 1.13 bits per heavy atom. The third-order valence-electron chi connectivity index (χ3n) is 4.72. The second-order valence-electron chi connectivity index (χ2n) is 6.73. The molecular weight excluding hydrogens is 404 g/mol. The number of fused-ring (bicyclic) bond motifs is 1. The summed E-state index contributed by atoms with van der Waals surface area (Å²) in [5.41, 5.74) is 4.48. The van der Waals surface area contributed by atoms with Crippen LogP contribution < -0.4 is 16.7 Å². The number of aromatic amines is 1. The highest BCUT2D eigenvalue weighted by molar-refractivity contribution is 6.30. The molecule has 8 nitrogen and oxygen atoms in total. The van der Waals surface area contributed by atoms with Crippen LogP contribution in [0.2, 0.25) is 5.02 Å². The summed E-state index contributed by atoms with van der Waals surface area (Å²) in [6, 6.07) is 17.1. The van der Waals surface area contributed by atoms with E-state index in [0.717, 1.165) is 11.1 Å². The highest BCUT2D eigenvalue weighted by Gasteiger charge is 2.17. The number of aromatic nitrogens is 4. The van der Waals surface area contributed by atoms with Crippen molar-refractivity contribution in [1.82, 2.24) is 19.1 Å². The normalized spacial score (nSPS) is 11.4. The van der Waals surface area contributed by atoms with Gasteiger partial charge in [-0.05, 0) is 29.7 Å². The van der Waals surface area contributed by atoms with Crippen molar-refractivity contribution >= 4 is 34.9 Å². The summed E-state index contributed by atoms with van der Waals surface area (Å²) in [6.45, 7) is 0.487. The summed E-state index contributed by atoms with van der Waals surface area (Å²) in [5.74, 6) is 0.373. The molecule has 0 atom stereocenters. The third kappa shape index (κ3) is 4.04. The van der Waals surface area contributed by atoms with E-state index in [1.807, 2.05) is 42.5 Å². The van der Waals surface area contributed by atoms with Crippen LogP contribution in [0.25, 0.3) is 11.2 Å². The van der Waals surface area contributed by atoms with Gasteiger partial charge in [0.05, 0.1) is 6.21 Å². The van der Waals surface area contributed by atoms with E-state index >= 15 is 0 Å². The smallest absolute Gasteiger partial charge is 0.303 e. The number of imidazole rings is 1. The minimum absolute atomic E-state index is 0.293. The first kappa shape index (κ1) is 19.7. The first-order chi connectivity index (χ1) is 14.5. The van der Waals surface area contributed by atoms with Gasteiger partial charge in [-0.25, -0.2) is 10.2 Å². The van der Waals surface area contributed by atoms with E-state index in [1.165, 1.54) is 4.57 Å². The molecule has 30 heavy (non-hydrogen) atoms. The Labute approximate surface area is 176 Å². The average Bonchev–Trinajstić information content (AvgIpc) is 3.12. The lowest BCUT2D eigenvalue weighted by atomic mass is 10.1. The predicted molar refractivity (Wildman–Crippen MR) is 118 cm³/mol. The van der Waals surface area contributed by atoms with Crippen LogP contribution in [0, 0.1) is 0 Å². The number of hydrogen-bond acceptors (Lipinski definition) is 5. The Hall–Kier alpha value is -3.65. The van der Waals surface area contributed by atoms with Gasteiger partial charge in [0.25, 0.3) is 5.56 Å². The zero-order chi connectivity index (χ0) is 21.1. The van der Waals surface area contributed by atoms with Gasteiger partial charge in [-0.1, -0.05) is 54.1 Å². The van der Waals surface area contributed by atoms with Gasteiger partial charge in [-0.3, -0.25) is 14.3 Å². The average molecular weight is 423 g/mol. The summed E-state index contributed by atoms with van der Waals surface area (Å²) in [5, 5.41) is 4.87. The highest BCUT2D eigenvalue weighted by Crippen LogP contribution is 2.17. The molecule has 0 bridgehead atoms. The number of benzene rings is 2. The van der Waals surface area contributed by atoms with Crippen molar-refractivity contribution < 1.29 is 0 Å². The molecule has 0 spiro atoms. The van der Waals surface area contributed by atoms with E-state index in [-0.39, 0.29) is 0 Å². The zero-order valence-electron chi connectivity index (χ0n) is 16.2. The topological polar surface area (TPSA) is 97.1 Å². The van der Waals surface area contributed by atoms with Crippen LogP contribution in [0.3, 0.4) is 0 Å². The quantitative estimate of drug-likeness (QED) is 0.369. The molecule has 0 saturated heterocycles. The lowest BCUT2D eigenvalue weighted by Gasteiger charge is -2.08. The van der Waals surface area contributed by atoms with Crippen molar-refractivity contribution in [3.8, 4) is 0 Å². The van der Waals surface area contributed by atoms with Crippen LogP contribution in [0.1, 0.15) is 11.1 Å². The second kappa shape index (κ2) is 8.38. The lowest BCUT2D eigenvalue weighted by molar-refractivity contribution is 0.716. The molecule has 2 N–H and O–H groups in total. The van der Waals surface area contributed by atoms with Gasteiger partial charge < -0.3 is 4.57 Å². The highest BCUT2D eigenvalue weighted by atomic mass is 35.5. The van der Waals surface area contributed by atoms with Gasteiger partial charge in [-0.15, -0.1) is 0 Å². The number of nitrogens with one attached hydrogen (secondary N) is 2. The Bertz CT molecular complexity index is 1320. The molecule has 2 aromatic heterocycles. The molecular formula is C21H19ClN6O2. The van der Waals surface area contributed by atoms with E-state index in [4.69, 9.17) is 11.6 Å². The molecule has 0 unspecified atom stereocenters. The Kier molecular flexibility index (Phi) is 5.49. The number of halogens is 1. The Morgan fingerprint density at radius 3 is 2.60 bits per heavy atom. The maximum absolute atomic E-state index is 12.5. The SMILES string of the molecule is Cn1c(=O)[nH]c(=O)c2c1nc(N/N=C/c1ccc(Cl)cc1)n2CCc1ccccc1. The fraction of sp³-hybridized carbons (Fsp3) is 0.143. The number of hydrazone groups is 1. The van der Waals surface area contributed by atoms with Gasteiger partial charge in [0.2, 0.25) is 5.95 Å². The molecule has 2 aromatic carbocycles. The number of H-pyrrole nitrogens is 1. The third-order valence-corrected chi connectivity index (χ3v) is 4.97. The van der Waals surface area contributed by atoms with E-state index in [2.05, 4.69) is 20.5 Å². The van der Waals surface area contributed by atoms with Gasteiger partial charge >= 0.3 is 5.69 Å². The van der Waals surface area contributed by atoms with Crippen LogP contribution in [-0.4, -0.2) is 25.3 Å². The standard InChI is InChI=1S/C21H19ClN6O2/c1-27-18-17(19(29)25-21(27)30)28(12-11-14-5-3-2-4-6-14)20(24-18)26-23-13-15-7-9-16(22)10-8-15/h2-10,13H,11-12H2,1H3,(H,24,26)(H,25,29,30)/b23-13+. The molecule has 9 heteroatoms. The molecule has 0 fully saturated rings. The van der Waals surface area contributed by atoms with E-state index < -0.39 is 11.2 Å². The summed E-state index contributed by atoms with van der Waals surface area (Å²) in [4.78, 5) is 31.3. The molecule has 0 saturated carbocycles. The monoisotopic (exact) mass is 422 g/mol. The fourth-order valence-electron chi connectivity index (χ4n) is 3.14. The van der Waals surface area contributed by atoms with Crippen LogP contribution in [0.5, 0.6) is 0 Å². The molecule has 152 valence electrons. The summed E-state index contributed by atoms with van der Waals surface area (Å²) >= 11 is 5.90. The molecule has 0 radical (unpaired) electrons. The van der Waals surface area contributed by atoms with E-state index in [9.17, 15) is 9.59 Å². The second-order valence-corrected chi connectivity index (χ2v) is 7.17. The summed E-state index contributed by atoms with van der Waals surface area (Å²) in [7, 11) is 1.57. The van der Waals surface area contributed by atoms with Gasteiger partial charge in [0.15, 0.2) is 11.2 Å². The van der Waals surface area contributed by atoms with E-state index in [1.54, 1.807) is 30.0 Å².